The summed E-state index contributed by atoms with van der Waals surface area (Å²) in [5, 5.41) is 0.771. The van der Waals surface area contributed by atoms with E-state index in [0.29, 0.717) is 0 Å². The van der Waals surface area contributed by atoms with E-state index < -0.39 is 0 Å². The van der Waals surface area contributed by atoms with Gasteiger partial charge in [0.05, 0.1) is 5.70 Å². The number of hydrogen-bond acceptors (Lipinski definition) is 2. The maximum Gasteiger partial charge on any atom is 0.186 e. The second kappa shape index (κ2) is 7.83. The molecule has 0 aromatic heterocycles. The van der Waals surface area contributed by atoms with Crippen molar-refractivity contribution in [1.29, 1.82) is 0 Å². The first-order valence-electron chi connectivity index (χ1n) is 9.02. The summed E-state index contributed by atoms with van der Waals surface area (Å²) in [6.45, 7) is 8.49. The molecule has 0 radical (unpaired) electrons. The first kappa shape index (κ1) is 18.3. The van der Waals surface area contributed by atoms with Gasteiger partial charge in [-0.15, -0.1) is 0 Å². The van der Waals surface area contributed by atoms with Crippen LogP contribution in [0, 0.1) is 0 Å². The minimum Gasteiger partial charge on any atom is -0.299 e. The van der Waals surface area contributed by atoms with Crippen molar-refractivity contribution in [3.63, 3.8) is 0 Å². The maximum atomic E-state index is 5.87. The van der Waals surface area contributed by atoms with Gasteiger partial charge in [0.25, 0.3) is 0 Å². The van der Waals surface area contributed by atoms with E-state index in [1.165, 1.54) is 0 Å². The minimum absolute atomic E-state index is 0.184. The van der Waals surface area contributed by atoms with E-state index in [9.17, 15) is 0 Å². The summed E-state index contributed by atoms with van der Waals surface area (Å²) >= 11 is 5.87. The maximum absolute atomic E-state index is 5.87. The largest absolute Gasteiger partial charge is 0.299 e. The summed E-state index contributed by atoms with van der Waals surface area (Å²) in [7, 11) is 0. The Morgan fingerprint density at radius 3 is 2.00 bits per heavy atom. The molecule has 1 aliphatic heterocycles. The lowest BCUT2D eigenvalue weighted by molar-refractivity contribution is 0.510. The number of aliphatic imine (C=N–C) groups is 1. The van der Waals surface area contributed by atoms with Crippen LogP contribution in [0.15, 0.2) is 71.4 Å². The van der Waals surface area contributed by atoms with Crippen LogP contribution in [0.25, 0.3) is 6.08 Å². The molecule has 2 aromatic carbocycles. The highest BCUT2D eigenvalue weighted by Gasteiger charge is 2.38. The number of amidine groups is 1. The van der Waals surface area contributed by atoms with Crippen LogP contribution < -0.4 is 4.90 Å². The first-order chi connectivity index (χ1) is 12.5. The van der Waals surface area contributed by atoms with Crippen molar-refractivity contribution in [2.24, 2.45) is 4.99 Å². The molecule has 1 saturated heterocycles. The predicted octanol–water partition coefficient (Wildman–Crippen LogP) is 5.35. The van der Waals surface area contributed by atoms with Crippen LogP contribution in [-0.2, 0) is 0 Å². The normalized spacial score (nSPS) is 18.0. The molecule has 0 amide bonds. The van der Waals surface area contributed by atoms with E-state index in [1.807, 2.05) is 36.4 Å². The van der Waals surface area contributed by atoms with Gasteiger partial charge in [-0.2, -0.15) is 0 Å². The molecule has 134 valence electrons. The van der Waals surface area contributed by atoms with E-state index in [2.05, 4.69) is 67.8 Å². The molecule has 26 heavy (non-hydrogen) atoms. The molecule has 0 unspecified atom stereocenters. The lowest BCUT2D eigenvalue weighted by atomic mass is 10.1. The number of para-hydroxylation sites is 1. The molecule has 1 aliphatic rings. The highest BCUT2D eigenvalue weighted by Crippen LogP contribution is 2.32. The van der Waals surface area contributed by atoms with Gasteiger partial charge in [0.15, 0.2) is 10.9 Å². The Morgan fingerprint density at radius 2 is 1.46 bits per heavy atom. The lowest BCUT2D eigenvalue weighted by Crippen LogP contribution is -2.38. The van der Waals surface area contributed by atoms with Crippen LogP contribution >= 0.6 is 12.2 Å². The topological polar surface area (TPSA) is 18.8 Å². The number of rotatable bonds is 4. The Hall–Kier alpha value is -2.46. The molecule has 0 bridgehead atoms. The predicted molar refractivity (Wildman–Crippen MR) is 115 cm³/mol. The fraction of sp³-hybridized carbons (Fsp3) is 0.273. The molecule has 3 rings (SSSR count). The van der Waals surface area contributed by atoms with Gasteiger partial charge < -0.3 is 0 Å². The van der Waals surface area contributed by atoms with Crippen LogP contribution in [-0.4, -0.2) is 27.9 Å². The molecule has 3 nitrogen and oxygen atoms in total. The van der Waals surface area contributed by atoms with Crippen LogP contribution in [0.4, 0.5) is 5.69 Å². The van der Waals surface area contributed by atoms with Gasteiger partial charge >= 0.3 is 0 Å². The average Bonchev–Trinajstić information content (AvgIpc) is 2.87. The number of hydrogen-bond donors (Lipinski definition) is 0. The Bertz CT molecular complexity index is 823. The number of benzene rings is 2. The Morgan fingerprint density at radius 1 is 0.885 bits per heavy atom. The molecule has 1 fully saturated rings. The summed E-state index contributed by atoms with van der Waals surface area (Å²) < 4.78 is 0. The Labute approximate surface area is 161 Å². The molecular weight excluding hydrogens is 338 g/mol. The highest BCUT2D eigenvalue weighted by molar-refractivity contribution is 7.80. The molecule has 0 atom stereocenters. The standard InChI is InChI=1S/C22H25N3S/c1-16(2)23-21-20(15-18-11-7-5-8-12-18)25(19-13-9-6-10-14-19)22(26)24(21)17(3)4/h5-17H,1-4H3/b20-15-,23-21?. The number of nitrogens with zero attached hydrogens (tertiary/aromatic N) is 3. The molecule has 0 saturated carbocycles. The van der Waals surface area contributed by atoms with Gasteiger partial charge in [-0.05, 0) is 63.7 Å². The summed E-state index contributed by atoms with van der Waals surface area (Å²) in [5.41, 5.74) is 3.21. The summed E-state index contributed by atoms with van der Waals surface area (Å²) in [6, 6.07) is 21.0. The highest BCUT2D eigenvalue weighted by atomic mass is 32.1. The summed E-state index contributed by atoms with van der Waals surface area (Å²) in [4.78, 5) is 9.21. The van der Waals surface area contributed by atoms with Gasteiger partial charge in [-0.1, -0.05) is 48.5 Å². The molecule has 2 aromatic rings. The van der Waals surface area contributed by atoms with Crippen molar-refractivity contribution in [3.05, 3.63) is 71.9 Å². The van der Waals surface area contributed by atoms with Crippen LogP contribution in [0.2, 0.25) is 0 Å². The molecular formula is C22H25N3S. The summed E-state index contributed by atoms with van der Waals surface area (Å²) in [6.07, 6.45) is 2.17. The van der Waals surface area contributed by atoms with E-state index in [0.717, 1.165) is 27.9 Å². The average molecular weight is 364 g/mol. The molecule has 0 spiro atoms. The molecule has 0 aliphatic carbocycles. The van der Waals surface area contributed by atoms with E-state index in [-0.39, 0.29) is 12.1 Å². The molecule has 1 heterocycles. The zero-order chi connectivity index (χ0) is 18.7. The first-order valence-corrected chi connectivity index (χ1v) is 9.43. The number of thiocarbonyl (C=S) groups is 1. The van der Waals surface area contributed by atoms with Gasteiger partial charge in [0.1, 0.15) is 0 Å². The van der Waals surface area contributed by atoms with Gasteiger partial charge in [0, 0.05) is 17.8 Å². The van der Waals surface area contributed by atoms with Gasteiger partial charge in [0.2, 0.25) is 0 Å². The zero-order valence-corrected chi connectivity index (χ0v) is 16.6. The second-order valence-electron chi connectivity index (χ2n) is 6.90. The van der Waals surface area contributed by atoms with Crippen molar-refractivity contribution in [1.82, 2.24) is 4.90 Å². The monoisotopic (exact) mass is 363 g/mol. The van der Waals surface area contributed by atoms with Crippen LogP contribution in [0.3, 0.4) is 0 Å². The Balaban J connectivity index is 2.20. The SMILES string of the molecule is CC(C)N=C1/C(=C/c2ccccc2)N(c2ccccc2)C(=S)N1C(C)C. The zero-order valence-electron chi connectivity index (χ0n) is 15.8. The van der Waals surface area contributed by atoms with Crippen LogP contribution in [0.1, 0.15) is 33.3 Å². The second-order valence-corrected chi connectivity index (χ2v) is 7.27. The van der Waals surface area contributed by atoms with E-state index in [4.69, 9.17) is 17.2 Å². The van der Waals surface area contributed by atoms with Crippen molar-refractivity contribution >= 4 is 34.9 Å². The fourth-order valence-electron chi connectivity index (χ4n) is 3.03. The van der Waals surface area contributed by atoms with Crippen molar-refractivity contribution in [3.8, 4) is 0 Å². The van der Waals surface area contributed by atoms with E-state index in [1.54, 1.807) is 0 Å². The molecule has 4 heteroatoms. The Kier molecular flexibility index (Phi) is 5.52. The van der Waals surface area contributed by atoms with Gasteiger partial charge in [-0.25, -0.2) is 0 Å². The van der Waals surface area contributed by atoms with E-state index >= 15 is 0 Å². The van der Waals surface area contributed by atoms with Crippen molar-refractivity contribution < 1.29 is 0 Å². The number of anilines is 1. The van der Waals surface area contributed by atoms with Crippen molar-refractivity contribution in [2.75, 3.05) is 4.90 Å². The lowest BCUT2D eigenvalue weighted by Gasteiger charge is -2.24. The van der Waals surface area contributed by atoms with Crippen LogP contribution in [0.5, 0.6) is 0 Å². The quantitative estimate of drug-likeness (QED) is 0.682. The smallest absolute Gasteiger partial charge is 0.186 e. The fourth-order valence-corrected chi connectivity index (χ4v) is 3.53. The third kappa shape index (κ3) is 3.70. The van der Waals surface area contributed by atoms with Gasteiger partial charge in [-0.3, -0.25) is 14.8 Å². The minimum atomic E-state index is 0.184. The summed E-state index contributed by atoms with van der Waals surface area (Å²) in [5.74, 6) is 0.938. The third-order valence-corrected chi connectivity index (χ3v) is 4.49. The van der Waals surface area contributed by atoms with Crippen molar-refractivity contribution in [2.45, 2.75) is 39.8 Å². The molecule has 0 N–H and O–H groups in total. The third-order valence-electron chi connectivity index (χ3n) is 4.11.